The van der Waals surface area contributed by atoms with Crippen molar-refractivity contribution in [3.8, 4) is 5.75 Å². The largest absolute Gasteiger partial charge is 0.497 e. The summed E-state index contributed by atoms with van der Waals surface area (Å²) in [6.45, 7) is 7.29. The van der Waals surface area contributed by atoms with E-state index in [1.165, 1.54) is 44.9 Å². The Morgan fingerprint density at radius 1 is 0.917 bits per heavy atom. The van der Waals surface area contributed by atoms with Gasteiger partial charge in [-0.2, -0.15) is 0 Å². The first-order valence-corrected chi connectivity index (χ1v) is 18.2. The van der Waals surface area contributed by atoms with Crippen LogP contribution in [0.2, 0.25) is 0 Å². The number of nitrogens with one attached hydrogen (secondary N) is 3. The molecule has 4 atom stereocenters. The molecule has 5 N–H and O–H groups in total. The second-order valence-corrected chi connectivity index (χ2v) is 14.9. The highest BCUT2D eigenvalue weighted by Crippen LogP contribution is 2.41. The van der Waals surface area contributed by atoms with E-state index >= 15 is 0 Å². The molecule has 3 fully saturated rings. The topological polar surface area (TPSA) is 149 Å². The van der Waals surface area contributed by atoms with Crippen LogP contribution < -0.4 is 20.7 Å². The molecular formula is C37H60N4O7. The van der Waals surface area contributed by atoms with Gasteiger partial charge in [-0.05, 0) is 75.5 Å². The number of ether oxygens (including phenoxy) is 2. The molecule has 48 heavy (non-hydrogen) atoms. The van der Waals surface area contributed by atoms with Crippen molar-refractivity contribution in [1.29, 1.82) is 0 Å². The second kappa shape index (κ2) is 18.3. The maximum atomic E-state index is 14.0. The number of amides is 3. The van der Waals surface area contributed by atoms with Crippen LogP contribution in [0, 0.1) is 17.8 Å². The van der Waals surface area contributed by atoms with Gasteiger partial charge in [0, 0.05) is 19.5 Å². The number of aliphatic hydroxyl groups excluding tert-OH is 1. The van der Waals surface area contributed by atoms with E-state index in [0.717, 1.165) is 30.2 Å². The first-order chi connectivity index (χ1) is 22.9. The Balaban J connectivity index is 1.42. The van der Waals surface area contributed by atoms with Crippen molar-refractivity contribution in [2.75, 3.05) is 40.0 Å². The zero-order valence-electron chi connectivity index (χ0n) is 29.5. The normalized spacial score (nSPS) is 23.7. The standard InChI is InChI=1S/C37H60N4O7/c1-25(38-33(42)24-41-18-20-48-21-19-41)35(44)40-32(23-27-12-16-30(47-4)17-13-27)36(45)39-31(34(43)37(2,3)46)22-26-10-14-29(15-11-26)28-8-6-5-7-9-28/h12-13,16-17,25-26,28-29,31-32,34,43,46H,5-11,14-15,18-24H2,1-4H3,(H,38,42)(H,39,45)(H,40,44)/t25-,26?,29?,31-,32-,34+/m0/s1. The van der Waals surface area contributed by atoms with E-state index in [2.05, 4.69) is 16.0 Å². The number of benzene rings is 1. The molecule has 0 unspecified atom stereocenters. The molecule has 2 saturated carbocycles. The first kappa shape index (κ1) is 38.1. The fourth-order valence-corrected chi connectivity index (χ4v) is 7.72. The summed E-state index contributed by atoms with van der Waals surface area (Å²) >= 11 is 0. The van der Waals surface area contributed by atoms with Gasteiger partial charge in [-0.15, -0.1) is 0 Å². The second-order valence-electron chi connectivity index (χ2n) is 14.9. The number of methoxy groups -OCH3 is 1. The van der Waals surface area contributed by atoms with Crippen LogP contribution in [0.4, 0.5) is 0 Å². The third-order valence-electron chi connectivity index (χ3n) is 10.7. The van der Waals surface area contributed by atoms with Crippen molar-refractivity contribution in [3.63, 3.8) is 0 Å². The first-order valence-electron chi connectivity index (χ1n) is 18.2. The van der Waals surface area contributed by atoms with Crippen LogP contribution in [0.3, 0.4) is 0 Å². The molecule has 2 aliphatic carbocycles. The van der Waals surface area contributed by atoms with Gasteiger partial charge in [0.15, 0.2) is 0 Å². The minimum atomic E-state index is -1.44. The molecule has 3 amide bonds. The summed E-state index contributed by atoms with van der Waals surface area (Å²) < 4.78 is 10.6. The summed E-state index contributed by atoms with van der Waals surface area (Å²) in [6.07, 6.45) is 10.7. The summed E-state index contributed by atoms with van der Waals surface area (Å²) in [5.41, 5.74) is -0.633. The van der Waals surface area contributed by atoms with Crippen molar-refractivity contribution in [2.24, 2.45) is 17.8 Å². The molecule has 11 heteroatoms. The predicted octanol–water partition coefficient (Wildman–Crippen LogP) is 2.95. The van der Waals surface area contributed by atoms with Crippen LogP contribution in [0.5, 0.6) is 5.75 Å². The molecule has 0 bridgehead atoms. The number of aliphatic hydroxyl groups is 2. The van der Waals surface area contributed by atoms with Crippen molar-refractivity contribution >= 4 is 17.7 Å². The molecule has 1 aromatic rings. The lowest BCUT2D eigenvalue weighted by Crippen LogP contribution is -2.59. The molecule has 1 saturated heterocycles. The molecule has 1 aliphatic heterocycles. The van der Waals surface area contributed by atoms with Crippen molar-refractivity contribution in [2.45, 2.75) is 121 Å². The number of nitrogens with zero attached hydrogens (tertiary/aromatic N) is 1. The number of carbonyl (C=O) groups excluding carboxylic acids is 3. The lowest BCUT2D eigenvalue weighted by molar-refractivity contribution is -0.133. The van der Waals surface area contributed by atoms with Gasteiger partial charge in [0.2, 0.25) is 17.7 Å². The fraction of sp³-hybridized carbons (Fsp3) is 0.757. The van der Waals surface area contributed by atoms with Gasteiger partial charge in [0.25, 0.3) is 0 Å². The maximum absolute atomic E-state index is 14.0. The van der Waals surface area contributed by atoms with Gasteiger partial charge in [-0.1, -0.05) is 57.1 Å². The quantitative estimate of drug-likeness (QED) is 0.191. The minimum Gasteiger partial charge on any atom is -0.497 e. The van der Waals surface area contributed by atoms with Gasteiger partial charge >= 0.3 is 0 Å². The third kappa shape index (κ3) is 11.7. The van der Waals surface area contributed by atoms with Gasteiger partial charge in [-0.25, -0.2) is 0 Å². The number of rotatable bonds is 15. The predicted molar refractivity (Wildman–Crippen MR) is 184 cm³/mol. The van der Waals surface area contributed by atoms with Crippen LogP contribution in [0.25, 0.3) is 0 Å². The molecule has 3 aliphatic rings. The Morgan fingerprint density at radius 3 is 2.15 bits per heavy atom. The smallest absolute Gasteiger partial charge is 0.243 e. The Morgan fingerprint density at radius 2 is 1.54 bits per heavy atom. The molecule has 0 spiro atoms. The summed E-state index contributed by atoms with van der Waals surface area (Å²) in [4.78, 5) is 42.1. The van der Waals surface area contributed by atoms with E-state index in [1.807, 2.05) is 17.0 Å². The van der Waals surface area contributed by atoms with E-state index < -0.39 is 41.6 Å². The molecule has 1 heterocycles. The zero-order valence-corrected chi connectivity index (χ0v) is 29.5. The van der Waals surface area contributed by atoms with Crippen molar-refractivity contribution < 1.29 is 34.1 Å². The van der Waals surface area contributed by atoms with E-state index in [4.69, 9.17) is 9.47 Å². The monoisotopic (exact) mass is 672 g/mol. The maximum Gasteiger partial charge on any atom is 0.243 e. The number of hydrogen-bond acceptors (Lipinski definition) is 8. The van der Waals surface area contributed by atoms with Crippen LogP contribution in [-0.4, -0.2) is 103 Å². The van der Waals surface area contributed by atoms with Crippen molar-refractivity contribution in [1.82, 2.24) is 20.9 Å². The lowest BCUT2D eigenvalue weighted by atomic mass is 9.69. The van der Waals surface area contributed by atoms with Gasteiger partial charge in [0.1, 0.15) is 23.9 Å². The molecule has 270 valence electrons. The van der Waals surface area contributed by atoms with E-state index in [9.17, 15) is 24.6 Å². The fourth-order valence-electron chi connectivity index (χ4n) is 7.72. The average molecular weight is 673 g/mol. The Kier molecular flexibility index (Phi) is 14.5. The average Bonchev–Trinajstić information content (AvgIpc) is 3.08. The Bertz CT molecular complexity index is 1150. The lowest BCUT2D eigenvalue weighted by Gasteiger charge is -2.39. The number of morpholine rings is 1. The highest BCUT2D eigenvalue weighted by molar-refractivity contribution is 5.92. The molecule has 0 aromatic heterocycles. The summed E-state index contributed by atoms with van der Waals surface area (Å²) in [7, 11) is 1.58. The summed E-state index contributed by atoms with van der Waals surface area (Å²) in [5, 5.41) is 30.8. The van der Waals surface area contributed by atoms with E-state index in [1.54, 1.807) is 40.0 Å². The van der Waals surface area contributed by atoms with Gasteiger partial charge in [-0.3, -0.25) is 19.3 Å². The number of carbonyl (C=O) groups is 3. The van der Waals surface area contributed by atoms with Crippen LogP contribution in [-0.2, 0) is 25.5 Å². The van der Waals surface area contributed by atoms with E-state index in [-0.39, 0.29) is 18.9 Å². The SMILES string of the molecule is COc1ccc(C[C@H](NC(=O)[C@H](C)NC(=O)CN2CCOCC2)C(=O)N[C@@H](CC2CCC(C3CCCCC3)CC2)[C@@H](O)C(C)(C)O)cc1. The van der Waals surface area contributed by atoms with E-state index in [0.29, 0.717) is 44.4 Å². The molecule has 0 radical (unpaired) electrons. The zero-order chi connectivity index (χ0) is 34.7. The molecule has 4 rings (SSSR count). The summed E-state index contributed by atoms with van der Waals surface area (Å²) in [5.74, 6) is 1.37. The van der Waals surface area contributed by atoms with Crippen LogP contribution in [0.1, 0.15) is 90.5 Å². The Labute approximate surface area is 286 Å². The number of hydrogen-bond donors (Lipinski definition) is 5. The summed E-state index contributed by atoms with van der Waals surface area (Å²) in [6, 6.07) is 4.72. The Hall–Kier alpha value is -2.73. The van der Waals surface area contributed by atoms with Gasteiger partial charge in [0.05, 0.1) is 38.5 Å². The van der Waals surface area contributed by atoms with Gasteiger partial charge < -0.3 is 35.6 Å². The van der Waals surface area contributed by atoms with Crippen LogP contribution in [0.15, 0.2) is 24.3 Å². The molecule has 11 nitrogen and oxygen atoms in total. The molecule has 1 aromatic carbocycles. The highest BCUT2D eigenvalue weighted by atomic mass is 16.5. The highest BCUT2D eigenvalue weighted by Gasteiger charge is 2.38. The van der Waals surface area contributed by atoms with Crippen molar-refractivity contribution in [3.05, 3.63) is 29.8 Å². The molecular weight excluding hydrogens is 612 g/mol. The third-order valence-corrected chi connectivity index (χ3v) is 10.7. The minimum absolute atomic E-state index is 0.163. The van der Waals surface area contributed by atoms with Crippen LogP contribution >= 0.6 is 0 Å².